The quantitative estimate of drug-likeness (QED) is 0.768. The number of aromatic nitrogens is 2. The van der Waals surface area contributed by atoms with Gasteiger partial charge in [0.15, 0.2) is 5.69 Å². The summed E-state index contributed by atoms with van der Waals surface area (Å²) in [5.41, 5.74) is -0.317. The van der Waals surface area contributed by atoms with Crippen LogP contribution in [0.3, 0.4) is 0 Å². The van der Waals surface area contributed by atoms with Gasteiger partial charge in [0.25, 0.3) is 0 Å². The van der Waals surface area contributed by atoms with Gasteiger partial charge in [-0.25, -0.2) is 14.8 Å². The van der Waals surface area contributed by atoms with Crippen LogP contribution in [-0.4, -0.2) is 32.7 Å². The second-order valence-electron chi connectivity index (χ2n) is 4.23. The predicted octanol–water partition coefficient (Wildman–Crippen LogP) is 1.56. The molecule has 0 fully saturated rings. The van der Waals surface area contributed by atoms with E-state index < -0.39 is 11.6 Å². The first-order valence-corrected chi connectivity index (χ1v) is 6.47. The SMILES string of the molecule is CC(O)(CNc1cnc(C(=O)O)cn1)c1ccsc1. The van der Waals surface area contributed by atoms with E-state index in [4.69, 9.17) is 5.11 Å². The molecule has 0 amide bonds. The van der Waals surface area contributed by atoms with E-state index in [2.05, 4.69) is 15.3 Å². The molecule has 6 nitrogen and oxygen atoms in total. The summed E-state index contributed by atoms with van der Waals surface area (Å²) < 4.78 is 0. The van der Waals surface area contributed by atoms with E-state index in [1.54, 1.807) is 6.92 Å². The fraction of sp³-hybridized carbons (Fsp3) is 0.250. The fourth-order valence-corrected chi connectivity index (χ4v) is 2.25. The van der Waals surface area contributed by atoms with Gasteiger partial charge in [0, 0.05) is 6.54 Å². The van der Waals surface area contributed by atoms with E-state index in [0.717, 1.165) is 5.56 Å². The van der Waals surface area contributed by atoms with Crippen LogP contribution < -0.4 is 5.32 Å². The molecule has 7 heteroatoms. The number of carboxylic acid groups (broad SMARTS) is 1. The van der Waals surface area contributed by atoms with Crippen molar-refractivity contribution in [3.63, 3.8) is 0 Å². The van der Waals surface area contributed by atoms with Crippen LogP contribution in [0.5, 0.6) is 0 Å². The van der Waals surface area contributed by atoms with Crippen LogP contribution in [0.2, 0.25) is 0 Å². The minimum atomic E-state index is -1.12. The van der Waals surface area contributed by atoms with Crippen molar-refractivity contribution >= 4 is 23.1 Å². The van der Waals surface area contributed by atoms with Gasteiger partial charge in [-0.2, -0.15) is 11.3 Å². The standard InChI is InChI=1S/C12H13N3O3S/c1-12(18,8-2-3-19-6-8)7-15-10-5-13-9(4-14-10)11(16)17/h2-6,18H,7H2,1H3,(H,14,15)(H,16,17). The Labute approximate surface area is 113 Å². The third-order valence-electron chi connectivity index (χ3n) is 2.63. The fourth-order valence-electron chi connectivity index (χ4n) is 1.47. The van der Waals surface area contributed by atoms with Crippen molar-refractivity contribution in [3.05, 3.63) is 40.5 Å². The number of thiophene rings is 1. The number of hydrogen-bond acceptors (Lipinski definition) is 6. The molecule has 100 valence electrons. The smallest absolute Gasteiger partial charge is 0.356 e. The molecule has 0 saturated heterocycles. The van der Waals surface area contributed by atoms with Crippen molar-refractivity contribution in [2.45, 2.75) is 12.5 Å². The first-order chi connectivity index (χ1) is 8.99. The highest BCUT2D eigenvalue weighted by molar-refractivity contribution is 7.08. The van der Waals surface area contributed by atoms with Gasteiger partial charge >= 0.3 is 5.97 Å². The maximum atomic E-state index is 10.6. The molecule has 0 aliphatic rings. The number of nitrogens with one attached hydrogen (secondary N) is 1. The Morgan fingerprint density at radius 2 is 2.26 bits per heavy atom. The van der Waals surface area contributed by atoms with Crippen LogP contribution in [-0.2, 0) is 5.60 Å². The summed E-state index contributed by atoms with van der Waals surface area (Å²) >= 11 is 1.51. The minimum Gasteiger partial charge on any atom is -0.476 e. The molecule has 0 spiro atoms. The molecule has 1 atom stereocenters. The van der Waals surface area contributed by atoms with Gasteiger partial charge in [-0.1, -0.05) is 0 Å². The summed E-state index contributed by atoms with van der Waals surface area (Å²) in [4.78, 5) is 18.3. The van der Waals surface area contributed by atoms with Crippen molar-refractivity contribution in [1.29, 1.82) is 0 Å². The molecule has 0 saturated carbocycles. The molecule has 0 aliphatic carbocycles. The van der Waals surface area contributed by atoms with Crippen molar-refractivity contribution < 1.29 is 15.0 Å². The molecular weight excluding hydrogens is 266 g/mol. The minimum absolute atomic E-state index is 0.116. The third-order valence-corrected chi connectivity index (χ3v) is 3.31. The number of aromatic carboxylic acids is 1. The Kier molecular flexibility index (Phi) is 3.77. The van der Waals surface area contributed by atoms with Gasteiger partial charge in [0.1, 0.15) is 11.4 Å². The van der Waals surface area contributed by atoms with Crippen LogP contribution in [0.1, 0.15) is 23.0 Å². The van der Waals surface area contributed by atoms with E-state index in [-0.39, 0.29) is 12.2 Å². The Bertz CT molecular complexity index is 552. The number of carbonyl (C=O) groups is 1. The van der Waals surface area contributed by atoms with Gasteiger partial charge < -0.3 is 15.5 Å². The van der Waals surface area contributed by atoms with E-state index in [1.165, 1.54) is 23.7 Å². The topological polar surface area (TPSA) is 95.3 Å². The molecule has 1 unspecified atom stereocenters. The summed E-state index contributed by atoms with van der Waals surface area (Å²) in [6.07, 6.45) is 2.50. The monoisotopic (exact) mass is 279 g/mol. The van der Waals surface area contributed by atoms with Crippen LogP contribution in [0.15, 0.2) is 29.2 Å². The Morgan fingerprint density at radius 3 is 2.79 bits per heavy atom. The Morgan fingerprint density at radius 1 is 1.47 bits per heavy atom. The van der Waals surface area contributed by atoms with Crippen LogP contribution in [0.4, 0.5) is 5.82 Å². The third kappa shape index (κ3) is 3.27. The van der Waals surface area contributed by atoms with Gasteiger partial charge in [0.2, 0.25) is 0 Å². The van der Waals surface area contributed by atoms with Crippen LogP contribution in [0, 0.1) is 0 Å². The van der Waals surface area contributed by atoms with Crippen LogP contribution in [0.25, 0.3) is 0 Å². The molecule has 2 rings (SSSR count). The van der Waals surface area contributed by atoms with Gasteiger partial charge in [-0.05, 0) is 29.3 Å². The molecule has 0 aliphatic heterocycles. The van der Waals surface area contributed by atoms with Crippen molar-refractivity contribution in [2.75, 3.05) is 11.9 Å². The summed E-state index contributed by atoms with van der Waals surface area (Å²) in [6, 6.07) is 1.85. The lowest BCUT2D eigenvalue weighted by Crippen LogP contribution is -2.30. The zero-order valence-corrected chi connectivity index (χ0v) is 11.0. The van der Waals surface area contributed by atoms with E-state index in [9.17, 15) is 9.90 Å². The second-order valence-corrected chi connectivity index (χ2v) is 5.01. The molecule has 0 aromatic carbocycles. The molecule has 2 aromatic heterocycles. The molecule has 2 aromatic rings. The molecule has 3 N–H and O–H groups in total. The highest BCUT2D eigenvalue weighted by atomic mass is 32.1. The largest absolute Gasteiger partial charge is 0.476 e. The lowest BCUT2D eigenvalue weighted by Gasteiger charge is -2.22. The molecule has 2 heterocycles. The second kappa shape index (κ2) is 5.33. The summed E-state index contributed by atoms with van der Waals surface area (Å²) in [5, 5.41) is 25.7. The Balaban J connectivity index is 2.00. The maximum Gasteiger partial charge on any atom is 0.356 e. The zero-order valence-electron chi connectivity index (χ0n) is 10.2. The number of hydrogen-bond donors (Lipinski definition) is 3. The summed E-state index contributed by atoms with van der Waals surface area (Å²) in [7, 11) is 0. The molecular formula is C12H13N3O3S. The number of anilines is 1. The lowest BCUT2D eigenvalue weighted by molar-refractivity contribution is 0.0687. The van der Waals surface area contributed by atoms with Gasteiger partial charge in [-0.3, -0.25) is 0 Å². The first-order valence-electron chi connectivity index (χ1n) is 5.53. The summed E-state index contributed by atoms with van der Waals surface area (Å²) in [6.45, 7) is 1.95. The van der Waals surface area contributed by atoms with Crippen molar-refractivity contribution in [2.24, 2.45) is 0 Å². The number of aliphatic hydroxyl groups is 1. The van der Waals surface area contributed by atoms with E-state index >= 15 is 0 Å². The zero-order chi connectivity index (χ0) is 13.9. The predicted molar refractivity (Wildman–Crippen MR) is 71.4 cm³/mol. The van der Waals surface area contributed by atoms with Gasteiger partial charge in [0.05, 0.1) is 12.4 Å². The van der Waals surface area contributed by atoms with Crippen molar-refractivity contribution in [3.8, 4) is 0 Å². The molecule has 19 heavy (non-hydrogen) atoms. The molecule has 0 radical (unpaired) electrons. The average molecular weight is 279 g/mol. The van der Waals surface area contributed by atoms with Crippen LogP contribution >= 0.6 is 11.3 Å². The normalized spacial score (nSPS) is 13.8. The highest BCUT2D eigenvalue weighted by Crippen LogP contribution is 2.23. The maximum absolute atomic E-state index is 10.6. The lowest BCUT2D eigenvalue weighted by atomic mass is 9.99. The summed E-state index contributed by atoms with van der Waals surface area (Å²) in [5.74, 6) is -0.704. The van der Waals surface area contributed by atoms with Crippen molar-refractivity contribution in [1.82, 2.24) is 9.97 Å². The van der Waals surface area contributed by atoms with Gasteiger partial charge in [-0.15, -0.1) is 0 Å². The number of rotatable bonds is 5. The van der Waals surface area contributed by atoms with E-state index in [0.29, 0.717) is 5.82 Å². The Hall–Kier alpha value is -1.99. The first kappa shape index (κ1) is 13.4. The number of carboxylic acids is 1. The highest BCUT2D eigenvalue weighted by Gasteiger charge is 2.23. The molecule has 0 bridgehead atoms. The average Bonchev–Trinajstić information content (AvgIpc) is 2.91. The number of nitrogens with zero attached hydrogens (tertiary/aromatic N) is 2. The van der Waals surface area contributed by atoms with E-state index in [1.807, 2.05) is 16.8 Å².